The van der Waals surface area contributed by atoms with Gasteiger partial charge in [0.25, 0.3) is 11.5 Å². The molecule has 4 aromatic rings. The molecule has 0 aliphatic heterocycles. The molecule has 0 atom stereocenters. The average molecular weight is 391 g/mol. The molecule has 0 saturated heterocycles. The Labute approximate surface area is 163 Å². The lowest BCUT2D eigenvalue weighted by Crippen LogP contribution is -2.45. The minimum absolute atomic E-state index is 0.0752. The highest BCUT2D eigenvalue weighted by molar-refractivity contribution is 5.90. The fourth-order valence-corrected chi connectivity index (χ4v) is 3.22. The minimum atomic E-state index is -0.700. The van der Waals surface area contributed by atoms with E-state index in [1.165, 1.54) is 0 Å². The predicted molar refractivity (Wildman–Crippen MR) is 107 cm³/mol. The van der Waals surface area contributed by atoms with E-state index in [4.69, 9.17) is 0 Å². The van der Waals surface area contributed by atoms with Crippen LogP contribution in [0.4, 0.5) is 0 Å². The summed E-state index contributed by atoms with van der Waals surface area (Å²) in [6.45, 7) is -0.358. The van der Waals surface area contributed by atoms with Crippen LogP contribution in [0, 0.1) is 0 Å². The topological polar surface area (TPSA) is 129 Å². The van der Waals surface area contributed by atoms with Crippen molar-refractivity contribution in [3.05, 3.63) is 81.1 Å². The number of nitrogens with zero attached hydrogens (tertiary/aromatic N) is 1. The first-order valence-electron chi connectivity index (χ1n) is 8.87. The second-order valence-electron chi connectivity index (χ2n) is 6.50. The number of aromatic nitrogens is 3. The summed E-state index contributed by atoms with van der Waals surface area (Å²) in [7, 11) is 0. The first-order valence-corrected chi connectivity index (χ1v) is 8.87. The van der Waals surface area contributed by atoms with Crippen LogP contribution in [-0.2, 0) is 22.6 Å². The van der Waals surface area contributed by atoms with E-state index in [1.807, 2.05) is 24.3 Å². The van der Waals surface area contributed by atoms with E-state index >= 15 is 0 Å². The van der Waals surface area contributed by atoms with Gasteiger partial charge in [0, 0.05) is 17.1 Å². The summed E-state index contributed by atoms with van der Waals surface area (Å²) in [6, 6.07) is 14.1. The van der Waals surface area contributed by atoms with Gasteiger partial charge in [-0.3, -0.25) is 34.8 Å². The van der Waals surface area contributed by atoms with Crippen LogP contribution < -0.4 is 22.1 Å². The molecular weight excluding hydrogens is 374 g/mol. The molecule has 2 amide bonds. The maximum absolute atomic E-state index is 12.2. The molecule has 0 bridgehead atoms. The highest BCUT2D eigenvalue weighted by Crippen LogP contribution is 2.17. The summed E-state index contributed by atoms with van der Waals surface area (Å²) in [5.74, 6) is -1.00. The lowest BCUT2D eigenvalue weighted by Gasteiger charge is -2.10. The van der Waals surface area contributed by atoms with Gasteiger partial charge >= 0.3 is 5.69 Å². The number of hydrogen-bond acceptors (Lipinski definition) is 4. The standard InChI is InChI=1S/C20H17N5O4/c26-17(9-12-10-21-15-7-3-1-5-13(12)15)23-24-18(27)11-25-16-8-4-2-6-14(16)19(28)22-20(25)29/h1-8,10,21H,9,11H2,(H,23,26)(H,24,27)(H,22,28,29). The second kappa shape index (κ2) is 7.47. The number of H-pyrrole nitrogens is 2. The molecule has 4 N–H and O–H groups in total. The third kappa shape index (κ3) is 3.65. The molecule has 0 radical (unpaired) electrons. The van der Waals surface area contributed by atoms with Crippen molar-refractivity contribution in [1.82, 2.24) is 25.4 Å². The number of rotatable bonds is 4. The van der Waals surface area contributed by atoms with Crippen LogP contribution in [-0.4, -0.2) is 26.3 Å². The van der Waals surface area contributed by atoms with Crippen LogP contribution in [0.1, 0.15) is 5.56 Å². The van der Waals surface area contributed by atoms with Gasteiger partial charge in [0.05, 0.1) is 17.3 Å². The van der Waals surface area contributed by atoms with Crippen LogP contribution in [0.5, 0.6) is 0 Å². The van der Waals surface area contributed by atoms with E-state index in [0.717, 1.165) is 21.0 Å². The Morgan fingerprint density at radius 3 is 2.41 bits per heavy atom. The van der Waals surface area contributed by atoms with E-state index in [0.29, 0.717) is 10.9 Å². The lowest BCUT2D eigenvalue weighted by molar-refractivity contribution is -0.128. The molecule has 0 spiro atoms. The number of amides is 2. The molecule has 0 fully saturated rings. The van der Waals surface area contributed by atoms with Crippen molar-refractivity contribution in [2.24, 2.45) is 0 Å². The third-order valence-corrected chi connectivity index (χ3v) is 4.57. The van der Waals surface area contributed by atoms with Crippen LogP contribution in [0.15, 0.2) is 64.3 Å². The molecule has 9 nitrogen and oxygen atoms in total. The summed E-state index contributed by atoms with van der Waals surface area (Å²) in [5.41, 5.74) is 5.48. The van der Waals surface area contributed by atoms with Crippen molar-refractivity contribution in [3.8, 4) is 0 Å². The molecule has 0 saturated carbocycles. The van der Waals surface area contributed by atoms with Gasteiger partial charge in [0.1, 0.15) is 6.54 Å². The quantitative estimate of drug-likeness (QED) is 0.379. The number of aromatic amines is 2. The number of fused-ring (bicyclic) bond motifs is 2. The van der Waals surface area contributed by atoms with Crippen LogP contribution in [0.2, 0.25) is 0 Å². The van der Waals surface area contributed by atoms with E-state index in [2.05, 4.69) is 20.8 Å². The van der Waals surface area contributed by atoms with Gasteiger partial charge < -0.3 is 4.98 Å². The maximum atomic E-state index is 12.2. The van der Waals surface area contributed by atoms with Gasteiger partial charge in [0.2, 0.25) is 5.91 Å². The first-order chi connectivity index (χ1) is 14.0. The number of benzene rings is 2. The van der Waals surface area contributed by atoms with Crippen molar-refractivity contribution in [1.29, 1.82) is 0 Å². The summed E-state index contributed by atoms with van der Waals surface area (Å²) in [5, 5.41) is 1.23. The SMILES string of the molecule is O=C(Cc1c[nH]c2ccccc12)NNC(=O)Cn1c(=O)[nH]c(=O)c2ccccc21. The van der Waals surface area contributed by atoms with Gasteiger partial charge in [-0.25, -0.2) is 4.79 Å². The number of hydrazine groups is 1. The third-order valence-electron chi connectivity index (χ3n) is 4.57. The zero-order valence-electron chi connectivity index (χ0n) is 15.2. The number of para-hydroxylation sites is 2. The molecule has 0 unspecified atom stereocenters. The van der Waals surface area contributed by atoms with E-state index in [9.17, 15) is 19.2 Å². The van der Waals surface area contributed by atoms with Crippen LogP contribution >= 0.6 is 0 Å². The van der Waals surface area contributed by atoms with Crippen molar-refractivity contribution < 1.29 is 9.59 Å². The normalized spacial score (nSPS) is 10.9. The van der Waals surface area contributed by atoms with Crippen molar-refractivity contribution in [3.63, 3.8) is 0 Å². The highest BCUT2D eigenvalue weighted by Gasteiger charge is 2.12. The minimum Gasteiger partial charge on any atom is -0.361 e. The molecule has 0 aliphatic rings. The number of carbonyl (C=O) groups is 2. The zero-order chi connectivity index (χ0) is 20.4. The number of hydrogen-bond donors (Lipinski definition) is 4. The number of carbonyl (C=O) groups excluding carboxylic acids is 2. The summed E-state index contributed by atoms with van der Waals surface area (Å²) in [6.07, 6.45) is 1.82. The van der Waals surface area contributed by atoms with Crippen molar-refractivity contribution in [2.75, 3.05) is 0 Å². The van der Waals surface area contributed by atoms with E-state index < -0.39 is 23.1 Å². The maximum Gasteiger partial charge on any atom is 0.329 e. The van der Waals surface area contributed by atoms with Gasteiger partial charge in [-0.05, 0) is 23.8 Å². The smallest absolute Gasteiger partial charge is 0.329 e. The van der Waals surface area contributed by atoms with Gasteiger partial charge in [-0.1, -0.05) is 30.3 Å². The molecule has 2 aromatic carbocycles. The largest absolute Gasteiger partial charge is 0.361 e. The fraction of sp³-hybridized carbons (Fsp3) is 0.100. The summed E-state index contributed by atoms with van der Waals surface area (Å²) in [4.78, 5) is 53.6. The summed E-state index contributed by atoms with van der Waals surface area (Å²) >= 11 is 0. The van der Waals surface area contributed by atoms with Gasteiger partial charge in [-0.15, -0.1) is 0 Å². The Hall–Kier alpha value is -4.14. The monoisotopic (exact) mass is 391 g/mol. The molecule has 4 rings (SSSR count). The van der Waals surface area contributed by atoms with Gasteiger partial charge in [0.15, 0.2) is 0 Å². The summed E-state index contributed by atoms with van der Waals surface area (Å²) < 4.78 is 1.14. The van der Waals surface area contributed by atoms with Crippen LogP contribution in [0.25, 0.3) is 21.8 Å². The number of nitrogens with one attached hydrogen (secondary N) is 4. The molecule has 9 heteroatoms. The predicted octanol–water partition coefficient (Wildman–Crippen LogP) is 0.561. The Bertz CT molecular complexity index is 1350. The highest BCUT2D eigenvalue weighted by atomic mass is 16.2. The fourth-order valence-electron chi connectivity index (χ4n) is 3.22. The van der Waals surface area contributed by atoms with Crippen molar-refractivity contribution in [2.45, 2.75) is 13.0 Å². The molecule has 0 aliphatic carbocycles. The second-order valence-corrected chi connectivity index (χ2v) is 6.50. The Morgan fingerprint density at radius 1 is 0.897 bits per heavy atom. The van der Waals surface area contributed by atoms with Gasteiger partial charge in [-0.2, -0.15) is 0 Å². The Balaban J connectivity index is 1.43. The van der Waals surface area contributed by atoms with E-state index in [1.54, 1.807) is 30.5 Å². The van der Waals surface area contributed by atoms with E-state index in [-0.39, 0.29) is 13.0 Å². The molecular formula is C20H17N5O4. The molecule has 2 heterocycles. The zero-order valence-corrected chi connectivity index (χ0v) is 15.2. The van der Waals surface area contributed by atoms with Crippen LogP contribution in [0.3, 0.4) is 0 Å². The molecule has 146 valence electrons. The Morgan fingerprint density at radius 2 is 1.59 bits per heavy atom. The first kappa shape index (κ1) is 18.2. The van der Waals surface area contributed by atoms with Crippen molar-refractivity contribution >= 4 is 33.6 Å². The molecule has 29 heavy (non-hydrogen) atoms. The Kier molecular flexibility index (Phi) is 4.70. The lowest BCUT2D eigenvalue weighted by atomic mass is 10.1. The average Bonchev–Trinajstić information content (AvgIpc) is 3.12. The molecule has 2 aromatic heterocycles.